The van der Waals surface area contributed by atoms with Crippen LogP contribution in [0.3, 0.4) is 0 Å². The lowest BCUT2D eigenvalue weighted by Crippen LogP contribution is -2.45. The molecule has 192 valence electrons. The molecule has 1 heterocycles. The molecule has 0 unspecified atom stereocenters. The molecule has 2 aromatic rings. The third-order valence-electron chi connectivity index (χ3n) is 5.23. The van der Waals surface area contributed by atoms with Gasteiger partial charge in [0.05, 0.1) is 31.5 Å². The molecule has 0 fully saturated rings. The topological polar surface area (TPSA) is 131 Å². The number of carbonyl (C=O) groups is 2. The van der Waals surface area contributed by atoms with Crippen LogP contribution in [0.1, 0.15) is 31.0 Å². The summed E-state index contributed by atoms with van der Waals surface area (Å²) in [5, 5.41) is 19.6. The summed E-state index contributed by atoms with van der Waals surface area (Å²) in [6, 6.07) is 11.7. The van der Waals surface area contributed by atoms with Crippen LogP contribution in [-0.4, -0.2) is 56.1 Å². The molecule has 36 heavy (non-hydrogen) atoms. The number of ether oxygens (including phenoxy) is 3. The predicted molar refractivity (Wildman–Crippen MR) is 137 cm³/mol. The Labute approximate surface area is 214 Å². The van der Waals surface area contributed by atoms with Crippen molar-refractivity contribution in [2.75, 3.05) is 26.6 Å². The van der Waals surface area contributed by atoms with E-state index in [1.54, 1.807) is 43.1 Å². The number of hydrogen-bond donors (Lipinski definition) is 4. The van der Waals surface area contributed by atoms with Gasteiger partial charge in [0, 0.05) is 10.6 Å². The summed E-state index contributed by atoms with van der Waals surface area (Å²) in [4.78, 5) is 25.6. The molecule has 1 aliphatic rings. The van der Waals surface area contributed by atoms with Crippen molar-refractivity contribution < 1.29 is 28.9 Å². The molecule has 0 saturated carbocycles. The molecule has 1 aliphatic heterocycles. The molecular formula is C25H30N4O6S. The molecule has 0 radical (unpaired) electrons. The first-order valence-corrected chi connectivity index (χ1v) is 12.5. The maximum atomic E-state index is 12.4. The van der Waals surface area contributed by atoms with E-state index < -0.39 is 24.3 Å². The van der Waals surface area contributed by atoms with Gasteiger partial charge in [-0.2, -0.15) is 5.10 Å². The molecule has 4 N–H and O–H groups in total. The third-order valence-corrected chi connectivity index (χ3v) is 5.97. The number of allylic oxidation sites excluding steroid dienone is 1. The fourth-order valence-electron chi connectivity index (χ4n) is 3.51. The number of esters is 1. The van der Waals surface area contributed by atoms with Crippen molar-refractivity contribution in [1.29, 1.82) is 0 Å². The van der Waals surface area contributed by atoms with Gasteiger partial charge in [0.15, 0.2) is 17.7 Å². The number of aliphatic hydroxyl groups is 1. The van der Waals surface area contributed by atoms with Gasteiger partial charge in [-0.05, 0) is 55.5 Å². The number of amides is 2. The van der Waals surface area contributed by atoms with E-state index in [9.17, 15) is 14.7 Å². The van der Waals surface area contributed by atoms with Gasteiger partial charge in [0.25, 0.3) is 0 Å². The minimum Gasteiger partial charge on any atom is -0.490 e. The Morgan fingerprint density at radius 1 is 1.22 bits per heavy atom. The number of aliphatic hydroxyl groups excluding tert-OH is 1. The molecule has 0 aromatic heterocycles. The summed E-state index contributed by atoms with van der Waals surface area (Å²) in [7, 11) is 1.28. The van der Waals surface area contributed by atoms with E-state index in [0.717, 1.165) is 10.5 Å². The van der Waals surface area contributed by atoms with Crippen molar-refractivity contribution in [3.05, 3.63) is 64.9 Å². The first kappa shape index (κ1) is 26.9. The smallest absolute Gasteiger partial charge is 0.337 e. The fourth-order valence-corrected chi connectivity index (χ4v) is 3.92. The molecule has 0 spiro atoms. The lowest BCUT2D eigenvalue weighted by molar-refractivity contribution is -0.136. The lowest BCUT2D eigenvalue weighted by Gasteiger charge is -2.28. The fraction of sp³-hybridized carbons (Fsp3) is 0.320. The Morgan fingerprint density at radius 3 is 2.64 bits per heavy atom. The number of urea groups is 1. The van der Waals surface area contributed by atoms with Crippen LogP contribution in [-0.2, 0) is 9.53 Å². The Kier molecular flexibility index (Phi) is 9.60. The van der Waals surface area contributed by atoms with E-state index >= 15 is 0 Å². The summed E-state index contributed by atoms with van der Waals surface area (Å²) >= 11 is 1.66. The lowest BCUT2D eigenvalue weighted by atomic mass is 9.95. The normalized spacial score (nSPS) is 16.2. The van der Waals surface area contributed by atoms with Crippen LogP contribution >= 0.6 is 11.8 Å². The number of hydrogen-bond acceptors (Lipinski definition) is 9. The average molecular weight is 515 g/mol. The highest BCUT2D eigenvalue weighted by atomic mass is 32.2. The number of nitrogens with one attached hydrogen (secondary N) is 3. The second-order valence-electron chi connectivity index (χ2n) is 7.69. The first-order chi connectivity index (χ1) is 17.4. The van der Waals surface area contributed by atoms with Crippen LogP contribution in [0.4, 0.5) is 4.79 Å². The molecular weight excluding hydrogens is 484 g/mol. The van der Waals surface area contributed by atoms with Crippen LogP contribution in [0.2, 0.25) is 0 Å². The second kappa shape index (κ2) is 12.8. The van der Waals surface area contributed by atoms with Gasteiger partial charge < -0.3 is 30.0 Å². The van der Waals surface area contributed by atoms with Crippen LogP contribution < -0.4 is 25.5 Å². The molecule has 2 atom stereocenters. The highest BCUT2D eigenvalue weighted by Crippen LogP contribution is 2.34. The molecule has 3 rings (SSSR count). The number of carbonyl (C=O) groups excluding carboxylic acids is 2. The van der Waals surface area contributed by atoms with Crippen molar-refractivity contribution in [1.82, 2.24) is 16.1 Å². The summed E-state index contributed by atoms with van der Waals surface area (Å²) in [5.41, 5.74) is 4.81. The minimum absolute atomic E-state index is 0.0985. The number of nitrogens with zero attached hydrogens (tertiary/aromatic N) is 1. The van der Waals surface area contributed by atoms with Gasteiger partial charge >= 0.3 is 12.0 Å². The molecule has 0 saturated heterocycles. The largest absolute Gasteiger partial charge is 0.490 e. The zero-order valence-electron chi connectivity index (χ0n) is 20.5. The van der Waals surface area contributed by atoms with E-state index in [1.807, 2.05) is 37.4 Å². The maximum absolute atomic E-state index is 12.4. The van der Waals surface area contributed by atoms with Gasteiger partial charge in [0.2, 0.25) is 0 Å². The Morgan fingerprint density at radius 2 is 1.97 bits per heavy atom. The van der Waals surface area contributed by atoms with Gasteiger partial charge in [-0.15, -0.1) is 11.8 Å². The van der Waals surface area contributed by atoms with Crippen molar-refractivity contribution in [3.8, 4) is 11.5 Å². The Balaban J connectivity index is 1.69. The van der Waals surface area contributed by atoms with E-state index in [1.165, 1.54) is 7.11 Å². The average Bonchev–Trinajstić information content (AvgIpc) is 2.87. The van der Waals surface area contributed by atoms with Crippen LogP contribution in [0.25, 0.3) is 0 Å². The SMILES string of the molecule is CCOc1cc([C@H]2NC(=O)NC(C)=C2C(=O)OC)ccc1OC[C@@H](O)N/N=C\c1ccc(SC)cc1. The molecule has 0 bridgehead atoms. The van der Waals surface area contributed by atoms with Crippen LogP contribution in [0, 0.1) is 0 Å². The minimum atomic E-state index is -1.07. The molecule has 2 amide bonds. The summed E-state index contributed by atoms with van der Waals surface area (Å²) in [6.45, 7) is 3.72. The number of thioether (sulfide) groups is 1. The summed E-state index contributed by atoms with van der Waals surface area (Å²) < 4.78 is 16.4. The van der Waals surface area contributed by atoms with Crippen LogP contribution in [0.5, 0.6) is 11.5 Å². The number of benzene rings is 2. The molecule has 2 aromatic carbocycles. The van der Waals surface area contributed by atoms with Crippen LogP contribution in [0.15, 0.2) is 63.7 Å². The quantitative estimate of drug-likeness (QED) is 0.118. The van der Waals surface area contributed by atoms with Crippen molar-refractivity contribution in [3.63, 3.8) is 0 Å². The third kappa shape index (κ3) is 6.92. The van der Waals surface area contributed by atoms with Crippen molar-refractivity contribution in [2.24, 2.45) is 5.10 Å². The number of rotatable bonds is 11. The van der Waals surface area contributed by atoms with E-state index in [0.29, 0.717) is 29.4 Å². The standard InChI is InChI=1S/C25H30N4O6S/c1-5-34-20-12-17(23-22(24(31)33-3)15(2)27-25(32)28-23)8-11-19(20)35-14-21(30)29-26-13-16-6-9-18(36-4)10-7-16/h6-13,21,23,29-30H,5,14H2,1-4H3,(H2,27,28,32)/b26-13-/t21-,23-/m1/s1. The van der Waals surface area contributed by atoms with E-state index in [4.69, 9.17) is 14.2 Å². The molecule has 11 heteroatoms. The maximum Gasteiger partial charge on any atom is 0.337 e. The predicted octanol–water partition coefficient (Wildman–Crippen LogP) is 2.93. The summed E-state index contributed by atoms with van der Waals surface area (Å²) in [6.07, 6.45) is 2.55. The number of methoxy groups -OCH3 is 1. The van der Waals surface area contributed by atoms with E-state index in [2.05, 4.69) is 21.2 Å². The van der Waals surface area contributed by atoms with Gasteiger partial charge in [-0.3, -0.25) is 5.43 Å². The van der Waals surface area contributed by atoms with E-state index in [-0.39, 0.29) is 12.2 Å². The second-order valence-corrected chi connectivity index (χ2v) is 8.57. The monoisotopic (exact) mass is 514 g/mol. The zero-order valence-corrected chi connectivity index (χ0v) is 21.3. The highest BCUT2D eigenvalue weighted by Gasteiger charge is 2.32. The molecule has 0 aliphatic carbocycles. The summed E-state index contributed by atoms with van der Waals surface area (Å²) in [5.74, 6) is 0.228. The van der Waals surface area contributed by atoms with Crippen molar-refractivity contribution >= 4 is 30.0 Å². The number of hydrazone groups is 1. The Bertz CT molecular complexity index is 1140. The van der Waals surface area contributed by atoms with Crippen molar-refractivity contribution in [2.45, 2.75) is 31.0 Å². The van der Waals surface area contributed by atoms with Gasteiger partial charge in [-0.1, -0.05) is 18.2 Å². The van der Waals surface area contributed by atoms with Gasteiger partial charge in [-0.25, -0.2) is 9.59 Å². The first-order valence-electron chi connectivity index (χ1n) is 11.2. The Hall–Kier alpha value is -3.70. The molecule has 10 nitrogen and oxygen atoms in total. The zero-order chi connectivity index (χ0) is 26.1. The van der Waals surface area contributed by atoms with Gasteiger partial charge in [0.1, 0.15) is 6.61 Å². The highest BCUT2D eigenvalue weighted by molar-refractivity contribution is 7.98.